The summed E-state index contributed by atoms with van der Waals surface area (Å²) >= 11 is 1.41. The monoisotopic (exact) mass is 317 g/mol. The Morgan fingerprint density at radius 1 is 1.19 bits per heavy atom. The number of thioether (sulfide) groups is 1. The normalized spacial score (nSPS) is 17.1. The Morgan fingerprint density at radius 3 is 2.52 bits per heavy atom. The Bertz CT molecular complexity index is 453. The molecule has 0 spiro atoms. The first-order chi connectivity index (χ1) is 10.0. The van der Waals surface area contributed by atoms with Crippen molar-refractivity contribution in [1.29, 1.82) is 0 Å². The fraction of sp³-hybridized carbons (Fsp3) is 0.625. The molecule has 1 N–H and O–H groups in total. The van der Waals surface area contributed by atoms with Crippen LogP contribution in [-0.4, -0.2) is 11.8 Å². The Kier molecular flexibility index (Phi) is 5.99. The molecule has 0 aliphatic heterocycles. The second kappa shape index (κ2) is 7.54. The van der Waals surface area contributed by atoms with Gasteiger partial charge < -0.3 is 5.32 Å². The van der Waals surface area contributed by atoms with Crippen LogP contribution < -0.4 is 5.32 Å². The zero-order chi connectivity index (χ0) is 15.3. The first kappa shape index (κ1) is 16.7. The van der Waals surface area contributed by atoms with Gasteiger partial charge in [0.2, 0.25) is 0 Å². The van der Waals surface area contributed by atoms with Crippen LogP contribution in [0.2, 0.25) is 0 Å². The third-order valence-electron chi connectivity index (χ3n) is 3.77. The Morgan fingerprint density at radius 2 is 1.90 bits per heavy atom. The third-order valence-corrected chi connectivity index (χ3v) is 5.19. The van der Waals surface area contributed by atoms with Crippen molar-refractivity contribution in [3.05, 3.63) is 29.3 Å². The van der Waals surface area contributed by atoms with Crippen molar-refractivity contribution in [1.82, 2.24) is 5.32 Å². The third kappa shape index (κ3) is 4.92. The molecule has 118 valence electrons. The molecule has 0 unspecified atom stereocenters. The summed E-state index contributed by atoms with van der Waals surface area (Å²) in [5, 5.41) is 3.40. The van der Waals surface area contributed by atoms with Gasteiger partial charge in [0.05, 0.1) is 5.56 Å². The lowest BCUT2D eigenvalue weighted by atomic mass is 10.0. The van der Waals surface area contributed by atoms with Crippen LogP contribution in [0.5, 0.6) is 0 Å². The molecule has 1 aromatic rings. The van der Waals surface area contributed by atoms with Gasteiger partial charge in [0.15, 0.2) is 0 Å². The van der Waals surface area contributed by atoms with Gasteiger partial charge in [-0.2, -0.15) is 13.2 Å². The lowest BCUT2D eigenvalue weighted by Crippen LogP contribution is -2.15. The van der Waals surface area contributed by atoms with Crippen LogP contribution in [0.1, 0.15) is 50.2 Å². The molecule has 0 heterocycles. The first-order valence-corrected chi connectivity index (χ1v) is 8.46. The Balaban J connectivity index is 2.18. The summed E-state index contributed by atoms with van der Waals surface area (Å²) in [6.07, 6.45) is 1.27. The molecular weight excluding hydrogens is 295 g/mol. The molecule has 0 aromatic heterocycles. The smallest absolute Gasteiger partial charge is 0.313 e. The van der Waals surface area contributed by atoms with Gasteiger partial charge in [0, 0.05) is 16.7 Å². The van der Waals surface area contributed by atoms with E-state index < -0.39 is 11.7 Å². The van der Waals surface area contributed by atoms with Gasteiger partial charge in [-0.15, -0.1) is 11.8 Å². The minimum absolute atomic E-state index is 0.333. The highest BCUT2D eigenvalue weighted by atomic mass is 32.2. The van der Waals surface area contributed by atoms with Gasteiger partial charge in [-0.05, 0) is 37.1 Å². The molecule has 1 aliphatic carbocycles. The summed E-state index contributed by atoms with van der Waals surface area (Å²) in [5.41, 5.74) is 0.214. The van der Waals surface area contributed by atoms with Gasteiger partial charge in [0.1, 0.15) is 0 Å². The van der Waals surface area contributed by atoms with Crippen LogP contribution in [-0.2, 0) is 12.7 Å². The summed E-state index contributed by atoms with van der Waals surface area (Å²) in [6.45, 7) is 3.17. The fourth-order valence-electron chi connectivity index (χ4n) is 2.64. The SMILES string of the molecule is CCNCc1ccc(SC2CCCCC2)c(C(F)(F)F)c1. The number of nitrogens with one attached hydrogen (secondary N) is 1. The van der Waals surface area contributed by atoms with Gasteiger partial charge in [-0.25, -0.2) is 0 Å². The predicted octanol–water partition coefficient (Wildman–Crippen LogP) is 5.24. The average molecular weight is 317 g/mol. The summed E-state index contributed by atoms with van der Waals surface area (Å²) in [6, 6.07) is 4.76. The van der Waals surface area contributed by atoms with Gasteiger partial charge in [0.25, 0.3) is 0 Å². The van der Waals surface area contributed by atoms with Crippen LogP contribution >= 0.6 is 11.8 Å². The molecule has 0 radical (unpaired) electrons. The molecule has 1 nitrogen and oxygen atoms in total. The maximum absolute atomic E-state index is 13.3. The van der Waals surface area contributed by atoms with E-state index in [1.807, 2.05) is 13.0 Å². The van der Waals surface area contributed by atoms with E-state index in [9.17, 15) is 13.2 Å². The summed E-state index contributed by atoms with van der Waals surface area (Å²) < 4.78 is 39.8. The van der Waals surface area contributed by atoms with Crippen molar-refractivity contribution < 1.29 is 13.2 Å². The quantitative estimate of drug-likeness (QED) is 0.797. The van der Waals surface area contributed by atoms with E-state index in [2.05, 4.69) is 5.32 Å². The molecule has 1 fully saturated rings. The van der Waals surface area contributed by atoms with Gasteiger partial charge in [-0.3, -0.25) is 0 Å². The number of halogens is 3. The number of alkyl halides is 3. The van der Waals surface area contributed by atoms with Crippen molar-refractivity contribution in [3.63, 3.8) is 0 Å². The van der Waals surface area contributed by atoms with E-state index >= 15 is 0 Å². The topological polar surface area (TPSA) is 12.0 Å². The van der Waals surface area contributed by atoms with E-state index in [1.54, 1.807) is 6.07 Å². The Labute approximate surface area is 128 Å². The minimum atomic E-state index is -4.28. The molecular formula is C16H22F3NS. The Hall–Kier alpha value is -0.680. The van der Waals surface area contributed by atoms with E-state index in [4.69, 9.17) is 0 Å². The lowest BCUT2D eigenvalue weighted by molar-refractivity contribution is -0.139. The van der Waals surface area contributed by atoms with E-state index in [0.717, 1.165) is 32.2 Å². The molecule has 0 bridgehead atoms. The summed E-state index contributed by atoms with van der Waals surface area (Å²) in [7, 11) is 0. The molecule has 0 atom stereocenters. The highest BCUT2D eigenvalue weighted by Gasteiger charge is 2.34. The standard InChI is InChI=1S/C16H22F3NS/c1-2-20-11-12-8-9-15(14(10-12)16(17,18)19)21-13-6-4-3-5-7-13/h8-10,13,20H,2-7,11H2,1H3. The molecule has 21 heavy (non-hydrogen) atoms. The zero-order valence-electron chi connectivity index (χ0n) is 12.3. The van der Waals surface area contributed by atoms with Crippen molar-refractivity contribution in [2.24, 2.45) is 0 Å². The van der Waals surface area contributed by atoms with Gasteiger partial charge >= 0.3 is 6.18 Å². The van der Waals surface area contributed by atoms with E-state index in [1.165, 1.54) is 24.2 Å². The highest BCUT2D eigenvalue weighted by Crippen LogP contribution is 2.41. The number of benzene rings is 1. The average Bonchev–Trinajstić information content (AvgIpc) is 2.46. The molecule has 1 aromatic carbocycles. The van der Waals surface area contributed by atoms with Crippen LogP contribution in [0.25, 0.3) is 0 Å². The summed E-state index contributed by atoms with van der Waals surface area (Å²) in [5.74, 6) is 0. The van der Waals surface area contributed by atoms with Crippen LogP contribution in [0, 0.1) is 0 Å². The van der Waals surface area contributed by atoms with Crippen molar-refractivity contribution in [3.8, 4) is 0 Å². The fourth-order valence-corrected chi connectivity index (χ4v) is 4.02. The second-order valence-corrected chi connectivity index (χ2v) is 6.83. The molecule has 1 saturated carbocycles. The van der Waals surface area contributed by atoms with Crippen molar-refractivity contribution in [2.45, 2.75) is 61.9 Å². The molecule has 5 heteroatoms. The molecule has 2 rings (SSSR count). The van der Waals surface area contributed by atoms with Crippen LogP contribution in [0.15, 0.2) is 23.1 Å². The second-order valence-electron chi connectivity index (χ2n) is 5.49. The summed E-state index contributed by atoms with van der Waals surface area (Å²) in [4.78, 5) is 0.384. The maximum atomic E-state index is 13.3. The predicted molar refractivity (Wildman–Crippen MR) is 81.6 cm³/mol. The van der Waals surface area contributed by atoms with Crippen molar-refractivity contribution >= 4 is 11.8 Å². The molecule has 1 aliphatic rings. The maximum Gasteiger partial charge on any atom is 0.417 e. The largest absolute Gasteiger partial charge is 0.417 e. The molecule has 0 saturated heterocycles. The highest BCUT2D eigenvalue weighted by molar-refractivity contribution is 8.00. The minimum Gasteiger partial charge on any atom is -0.313 e. The van der Waals surface area contributed by atoms with Crippen molar-refractivity contribution in [2.75, 3.05) is 6.54 Å². The number of rotatable bonds is 5. The van der Waals surface area contributed by atoms with Crippen LogP contribution in [0.3, 0.4) is 0 Å². The lowest BCUT2D eigenvalue weighted by Gasteiger charge is -2.23. The number of hydrogen-bond acceptors (Lipinski definition) is 2. The first-order valence-electron chi connectivity index (χ1n) is 7.58. The van der Waals surface area contributed by atoms with E-state index in [0.29, 0.717) is 22.3 Å². The van der Waals surface area contributed by atoms with Crippen LogP contribution in [0.4, 0.5) is 13.2 Å². The number of hydrogen-bond donors (Lipinski definition) is 1. The molecule has 0 amide bonds. The van der Waals surface area contributed by atoms with E-state index in [-0.39, 0.29) is 0 Å². The van der Waals surface area contributed by atoms with Gasteiger partial charge in [-0.1, -0.05) is 32.3 Å². The zero-order valence-corrected chi connectivity index (χ0v) is 13.1.